The van der Waals surface area contributed by atoms with Crippen molar-refractivity contribution in [2.45, 2.75) is 11.3 Å². The number of sulfonamides is 1. The summed E-state index contributed by atoms with van der Waals surface area (Å²) in [6, 6.07) is 3.41. The van der Waals surface area contributed by atoms with Gasteiger partial charge in [0.05, 0.1) is 9.95 Å². The Morgan fingerprint density at radius 3 is 2.81 bits per heavy atom. The second-order valence-electron chi connectivity index (χ2n) is 4.95. The van der Waals surface area contributed by atoms with Crippen molar-refractivity contribution in [3.8, 4) is 0 Å². The van der Waals surface area contributed by atoms with E-state index < -0.39 is 14.9 Å². The molecule has 1 saturated heterocycles. The van der Waals surface area contributed by atoms with E-state index in [0.29, 0.717) is 13.1 Å². The molecule has 9 heteroatoms. The van der Waals surface area contributed by atoms with E-state index in [-0.39, 0.29) is 21.5 Å². The molecule has 116 valence electrons. The minimum atomic E-state index is -3.71. The minimum absolute atomic E-state index is 0.0834. The molecule has 0 radical (unpaired) electrons. The number of non-ortho nitro benzene ring substituents is 1. The molecule has 1 unspecified atom stereocenters. The Bertz CT molecular complexity index is 650. The molecule has 1 aliphatic rings. The van der Waals surface area contributed by atoms with Crippen LogP contribution in [-0.4, -0.2) is 44.3 Å². The molecule has 0 saturated carbocycles. The number of rotatable bonds is 5. The van der Waals surface area contributed by atoms with Gasteiger partial charge in [-0.05, 0) is 32.0 Å². The summed E-state index contributed by atoms with van der Waals surface area (Å²) in [7, 11) is -1.89. The standard InChI is InChI=1S/C12H16ClN3O4S/c1-14-7-9-4-5-15(8-9)21(19,20)12-3-2-10(16(17)18)6-11(12)13/h2-3,6,9,14H,4-5,7-8H2,1H3. The number of benzene rings is 1. The van der Waals surface area contributed by atoms with E-state index in [9.17, 15) is 18.5 Å². The average molecular weight is 334 g/mol. The third-order valence-corrected chi connectivity index (χ3v) is 5.83. The molecular weight excluding hydrogens is 318 g/mol. The second kappa shape index (κ2) is 6.27. The summed E-state index contributed by atoms with van der Waals surface area (Å²) >= 11 is 5.91. The van der Waals surface area contributed by atoms with Crippen LogP contribution in [0.1, 0.15) is 6.42 Å². The highest BCUT2D eigenvalue weighted by molar-refractivity contribution is 7.89. The number of halogens is 1. The van der Waals surface area contributed by atoms with Gasteiger partial charge in [0.2, 0.25) is 10.0 Å². The largest absolute Gasteiger partial charge is 0.319 e. The third-order valence-electron chi connectivity index (χ3n) is 3.49. The first kappa shape index (κ1) is 16.2. The predicted molar refractivity (Wildman–Crippen MR) is 78.9 cm³/mol. The molecule has 0 bridgehead atoms. The first-order valence-corrected chi connectivity index (χ1v) is 8.26. The van der Waals surface area contributed by atoms with Crippen LogP contribution in [0.4, 0.5) is 5.69 Å². The monoisotopic (exact) mass is 333 g/mol. The van der Waals surface area contributed by atoms with E-state index in [0.717, 1.165) is 25.1 Å². The minimum Gasteiger partial charge on any atom is -0.319 e. The molecule has 1 aromatic carbocycles. The maximum atomic E-state index is 12.5. The number of nitrogens with one attached hydrogen (secondary N) is 1. The Morgan fingerprint density at radius 2 is 2.24 bits per heavy atom. The van der Waals surface area contributed by atoms with Crippen LogP contribution in [0.3, 0.4) is 0 Å². The number of hydrogen-bond donors (Lipinski definition) is 1. The molecule has 1 N–H and O–H groups in total. The zero-order chi connectivity index (χ0) is 15.6. The van der Waals surface area contributed by atoms with E-state index in [1.807, 2.05) is 7.05 Å². The quantitative estimate of drug-likeness (QED) is 0.650. The molecule has 0 aliphatic carbocycles. The molecule has 0 spiro atoms. The normalized spacial score (nSPS) is 19.8. The molecule has 2 rings (SSSR count). The van der Waals surface area contributed by atoms with Crippen LogP contribution in [0, 0.1) is 16.0 Å². The predicted octanol–water partition coefficient (Wildman–Crippen LogP) is 1.48. The number of nitrogens with zero attached hydrogens (tertiary/aromatic N) is 2. The Kier molecular flexibility index (Phi) is 4.82. The van der Waals surface area contributed by atoms with Gasteiger partial charge in [-0.2, -0.15) is 4.31 Å². The van der Waals surface area contributed by atoms with Crippen LogP contribution < -0.4 is 5.32 Å². The van der Waals surface area contributed by atoms with E-state index in [2.05, 4.69) is 5.32 Å². The van der Waals surface area contributed by atoms with Crippen LogP contribution in [0.25, 0.3) is 0 Å². The highest BCUT2D eigenvalue weighted by Gasteiger charge is 2.33. The fraction of sp³-hybridized carbons (Fsp3) is 0.500. The van der Waals surface area contributed by atoms with Gasteiger partial charge in [-0.15, -0.1) is 0 Å². The van der Waals surface area contributed by atoms with E-state index in [1.54, 1.807) is 0 Å². The first-order valence-electron chi connectivity index (χ1n) is 6.45. The van der Waals surface area contributed by atoms with E-state index in [4.69, 9.17) is 11.6 Å². The molecule has 0 aromatic heterocycles. The topological polar surface area (TPSA) is 92.6 Å². The second-order valence-corrected chi connectivity index (χ2v) is 7.26. The molecule has 1 atom stereocenters. The fourth-order valence-corrected chi connectivity index (χ4v) is 4.47. The molecule has 21 heavy (non-hydrogen) atoms. The Labute approximate surface area is 128 Å². The zero-order valence-electron chi connectivity index (χ0n) is 11.5. The van der Waals surface area contributed by atoms with Crippen LogP contribution in [0.5, 0.6) is 0 Å². The van der Waals surface area contributed by atoms with Gasteiger partial charge in [0.15, 0.2) is 0 Å². The summed E-state index contributed by atoms with van der Waals surface area (Å²) in [5, 5.41) is 13.6. The number of nitro groups is 1. The number of nitro benzene ring substituents is 1. The Morgan fingerprint density at radius 1 is 1.52 bits per heavy atom. The zero-order valence-corrected chi connectivity index (χ0v) is 13.0. The summed E-state index contributed by atoms with van der Waals surface area (Å²) in [5.74, 6) is 0.265. The number of hydrogen-bond acceptors (Lipinski definition) is 5. The maximum Gasteiger partial charge on any atom is 0.271 e. The van der Waals surface area contributed by atoms with Crippen molar-refractivity contribution in [1.29, 1.82) is 0 Å². The molecule has 1 heterocycles. The van der Waals surface area contributed by atoms with E-state index in [1.165, 1.54) is 10.4 Å². The summed E-state index contributed by atoms with van der Waals surface area (Å²) in [5.41, 5.74) is -0.228. The fourth-order valence-electron chi connectivity index (χ4n) is 2.42. The summed E-state index contributed by atoms with van der Waals surface area (Å²) in [4.78, 5) is 9.97. The lowest BCUT2D eigenvalue weighted by Gasteiger charge is -2.17. The van der Waals surface area contributed by atoms with Gasteiger partial charge in [0.1, 0.15) is 4.90 Å². The highest BCUT2D eigenvalue weighted by atomic mass is 35.5. The lowest BCUT2D eigenvalue weighted by atomic mass is 10.1. The smallest absolute Gasteiger partial charge is 0.271 e. The van der Waals surface area contributed by atoms with Crippen molar-refractivity contribution >= 4 is 27.3 Å². The lowest BCUT2D eigenvalue weighted by molar-refractivity contribution is -0.384. The summed E-state index contributed by atoms with van der Waals surface area (Å²) in [6.45, 7) is 1.61. The Balaban J connectivity index is 2.26. The van der Waals surface area contributed by atoms with Gasteiger partial charge in [0, 0.05) is 25.2 Å². The molecule has 1 fully saturated rings. The van der Waals surface area contributed by atoms with Crippen LogP contribution in [-0.2, 0) is 10.0 Å². The van der Waals surface area contributed by atoms with E-state index >= 15 is 0 Å². The molecule has 1 aliphatic heterocycles. The first-order chi connectivity index (χ1) is 9.86. The van der Waals surface area contributed by atoms with Crippen molar-refractivity contribution in [2.24, 2.45) is 5.92 Å². The van der Waals surface area contributed by atoms with Gasteiger partial charge < -0.3 is 5.32 Å². The van der Waals surface area contributed by atoms with Gasteiger partial charge in [-0.1, -0.05) is 11.6 Å². The van der Waals surface area contributed by atoms with Crippen molar-refractivity contribution in [2.75, 3.05) is 26.7 Å². The SMILES string of the molecule is CNCC1CCN(S(=O)(=O)c2ccc([N+](=O)[O-])cc2Cl)C1. The van der Waals surface area contributed by atoms with Gasteiger partial charge in [0.25, 0.3) is 5.69 Å². The third kappa shape index (κ3) is 3.34. The molecule has 0 amide bonds. The highest BCUT2D eigenvalue weighted by Crippen LogP contribution is 2.31. The summed E-state index contributed by atoms with van der Waals surface area (Å²) in [6.07, 6.45) is 0.782. The lowest BCUT2D eigenvalue weighted by Crippen LogP contribution is -2.30. The Hall–Kier alpha value is -1.22. The van der Waals surface area contributed by atoms with Crippen LogP contribution >= 0.6 is 11.6 Å². The molecular formula is C12H16ClN3O4S. The van der Waals surface area contributed by atoms with Gasteiger partial charge in [-0.25, -0.2) is 8.42 Å². The van der Waals surface area contributed by atoms with Crippen LogP contribution in [0.2, 0.25) is 5.02 Å². The van der Waals surface area contributed by atoms with Crippen molar-refractivity contribution in [1.82, 2.24) is 9.62 Å². The van der Waals surface area contributed by atoms with Gasteiger partial charge in [-0.3, -0.25) is 10.1 Å². The summed E-state index contributed by atoms with van der Waals surface area (Å²) < 4.78 is 26.5. The maximum absolute atomic E-state index is 12.5. The molecule has 1 aromatic rings. The van der Waals surface area contributed by atoms with Crippen molar-refractivity contribution in [3.05, 3.63) is 33.3 Å². The van der Waals surface area contributed by atoms with Crippen LogP contribution in [0.15, 0.2) is 23.1 Å². The van der Waals surface area contributed by atoms with Gasteiger partial charge >= 0.3 is 0 Å². The van der Waals surface area contributed by atoms with Crippen molar-refractivity contribution in [3.63, 3.8) is 0 Å². The molecule has 7 nitrogen and oxygen atoms in total. The van der Waals surface area contributed by atoms with Crippen molar-refractivity contribution < 1.29 is 13.3 Å². The average Bonchev–Trinajstić information content (AvgIpc) is 2.88.